The van der Waals surface area contributed by atoms with Crippen molar-refractivity contribution in [2.75, 3.05) is 5.32 Å². The molecule has 0 atom stereocenters. The predicted molar refractivity (Wildman–Crippen MR) is 123 cm³/mol. The number of rotatable bonds is 7. The number of primary amides is 1. The van der Waals surface area contributed by atoms with Crippen molar-refractivity contribution < 1.29 is 22.7 Å². The highest BCUT2D eigenvalue weighted by Crippen LogP contribution is 2.29. The van der Waals surface area contributed by atoms with E-state index in [1.54, 1.807) is 48.5 Å². The normalized spacial score (nSPS) is 11.5. The summed E-state index contributed by atoms with van der Waals surface area (Å²) in [6.45, 7) is 0. The minimum atomic E-state index is -4.53. The molecule has 2 heterocycles. The number of aromatic nitrogens is 4. The molecule has 1 amide bonds. The number of H-pyrrole nitrogens is 1. The second-order valence-corrected chi connectivity index (χ2v) is 7.41. The Labute approximate surface area is 200 Å². The van der Waals surface area contributed by atoms with Crippen molar-refractivity contribution >= 4 is 41.0 Å². The van der Waals surface area contributed by atoms with Crippen LogP contribution in [0.25, 0.3) is 0 Å². The molecule has 2 aromatic heterocycles. The highest BCUT2D eigenvalue weighted by atomic mass is 35.5. The molecule has 0 aliphatic heterocycles. The van der Waals surface area contributed by atoms with Gasteiger partial charge in [0.15, 0.2) is 11.6 Å². The average Bonchev–Trinajstić information content (AvgIpc) is 3.21. The largest absolute Gasteiger partial charge is 0.424 e. The summed E-state index contributed by atoms with van der Waals surface area (Å²) in [4.78, 5) is 23.3. The lowest BCUT2D eigenvalue weighted by molar-refractivity contribution is -0.138. The van der Waals surface area contributed by atoms with Crippen molar-refractivity contribution in [3.05, 3.63) is 82.6 Å². The van der Waals surface area contributed by atoms with Gasteiger partial charge in [-0.2, -0.15) is 18.3 Å². The molecule has 35 heavy (non-hydrogen) atoms. The van der Waals surface area contributed by atoms with E-state index in [-0.39, 0.29) is 23.2 Å². The fourth-order valence-corrected chi connectivity index (χ4v) is 3.03. The number of aliphatic imine (C=N–C) groups is 1. The molecule has 0 aliphatic rings. The summed E-state index contributed by atoms with van der Waals surface area (Å²) in [6, 6.07) is 13.0. The lowest BCUT2D eigenvalue weighted by Crippen LogP contribution is -2.12. The summed E-state index contributed by atoms with van der Waals surface area (Å²) in [5.74, 6) is -0.113. The Balaban J connectivity index is 1.46. The van der Waals surface area contributed by atoms with Gasteiger partial charge in [0.25, 0.3) is 5.91 Å². The number of nitrogens with two attached hydrogens (primary N) is 1. The monoisotopic (exact) mass is 501 g/mol. The molecule has 9 nitrogen and oxygen atoms in total. The third kappa shape index (κ3) is 5.92. The summed E-state index contributed by atoms with van der Waals surface area (Å²) in [7, 11) is 0. The number of anilines is 2. The van der Waals surface area contributed by atoms with Crippen molar-refractivity contribution in [1.29, 1.82) is 0 Å². The van der Waals surface area contributed by atoms with E-state index in [4.69, 9.17) is 22.1 Å². The van der Waals surface area contributed by atoms with Gasteiger partial charge in [-0.25, -0.2) is 15.0 Å². The molecule has 4 N–H and O–H groups in total. The van der Waals surface area contributed by atoms with Crippen molar-refractivity contribution in [3.63, 3.8) is 0 Å². The number of nitrogens with one attached hydrogen (secondary N) is 2. The van der Waals surface area contributed by atoms with Crippen LogP contribution in [0.2, 0.25) is 5.02 Å². The van der Waals surface area contributed by atoms with Gasteiger partial charge < -0.3 is 15.8 Å². The zero-order valence-corrected chi connectivity index (χ0v) is 18.3. The van der Waals surface area contributed by atoms with Crippen LogP contribution in [0.1, 0.15) is 21.5 Å². The van der Waals surface area contributed by atoms with E-state index in [0.29, 0.717) is 34.4 Å². The fraction of sp³-hybridized carbons (Fsp3) is 0.0455. The minimum Gasteiger partial charge on any atom is -0.424 e. The molecule has 178 valence electrons. The van der Waals surface area contributed by atoms with Crippen molar-refractivity contribution in [3.8, 4) is 11.8 Å². The molecule has 4 aromatic rings. The molecule has 0 aliphatic carbocycles. The topological polar surface area (TPSA) is 131 Å². The number of carbonyl (C=O) groups excluding carboxylic acids is 1. The molecular formula is C22H15ClF3N7O2. The molecule has 0 saturated carbocycles. The Kier molecular flexibility index (Phi) is 6.64. The molecule has 0 radical (unpaired) electrons. The number of benzene rings is 2. The van der Waals surface area contributed by atoms with Gasteiger partial charge in [0, 0.05) is 29.3 Å². The number of alkyl halides is 3. The summed E-state index contributed by atoms with van der Waals surface area (Å²) in [5.41, 5.74) is 5.82. The minimum absolute atomic E-state index is 0.0561. The Bertz CT molecular complexity index is 1370. The Morgan fingerprint density at radius 3 is 2.49 bits per heavy atom. The molecule has 13 heteroatoms. The summed E-state index contributed by atoms with van der Waals surface area (Å²) in [5, 5.41) is 10.2. The number of ether oxygens (including phenoxy) is 1. The maximum atomic E-state index is 12.6. The number of halogens is 4. The number of nitrogens with zero attached hydrogens (tertiary/aromatic N) is 4. The SMILES string of the molecule is NC(=O)c1c(Nc2cccc(Cl)c2)n[nH]c1/N=C/c1ccc(Oc2ncc(C(F)(F)F)cn2)cc1. The van der Waals surface area contributed by atoms with Gasteiger partial charge in [-0.3, -0.25) is 9.89 Å². The van der Waals surface area contributed by atoms with Crippen molar-refractivity contribution in [2.45, 2.75) is 6.18 Å². The Hall–Kier alpha value is -4.45. The van der Waals surface area contributed by atoms with Gasteiger partial charge in [0.1, 0.15) is 11.3 Å². The van der Waals surface area contributed by atoms with Crippen LogP contribution in [-0.4, -0.2) is 32.3 Å². The van der Waals surface area contributed by atoms with Crippen LogP contribution in [0.5, 0.6) is 11.8 Å². The van der Waals surface area contributed by atoms with Crippen molar-refractivity contribution in [2.24, 2.45) is 10.7 Å². The summed E-state index contributed by atoms with van der Waals surface area (Å²) < 4.78 is 43.1. The lowest BCUT2D eigenvalue weighted by Gasteiger charge is -2.07. The fourth-order valence-electron chi connectivity index (χ4n) is 2.83. The second-order valence-electron chi connectivity index (χ2n) is 6.98. The Morgan fingerprint density at radius 2 is 1.86 bits per heavy atom. The predicted octanol–water partition coefficient (Wildman–Crippen LogP) is 5.26. The van der Waals surface area contributed by atoms with Gasteiger partial charge in [0.05, 0.1) is 5.56 Å². The highest BCUT2D eigenvalue weighted by Gasteiger charge is 2.31. The maximum Gasteiger partial charge on any atom is 0.419 e. The molecule has 0 unspecified atom stereocenters. The first-order chi connectivity index (χ1) is 16.7. The zero-order valence-electron chi connectivity index (χ0n) is 17.5. The second kappa shape index (κ2) is 9.81. The average molecular weight is 502 g/mol. The van der Waals surface area contributed by atoms with Crippen LogP contribution >= 0.6 is 11.6 Å². The first kappa shape index (κ1) is 23.7. The lowest BCUT2D eigenvalue weighted by atomic mass is 10.2. The van der Waals surface area contributed by atoms with Gasteiger partial charge in [-0.1, -0.05) is 17.7 Å². The molecule has 0 saturated heterocycles. The zero-order chi connectivity index (χ0) is 25.0. The van der Waals surface area contributed by atoms with E-state index < -0.39 is 17.6 Å². The molecule has 0 fully saturated rings. The third-order valence-corrected chi connectivity index (χ3v) is 4.70. The van der Waals surface area contributed by atoms with E-state index in [2.05, 4.69) is 30.5 Å². The van der Waals surface area contributed by atoms with Crippen molar-refractivity contribution in [1.82, 2.24) is 20.2 Å². The van der Waals surface area contributed by atoms with Gasteiger partial charge in [-0.05, 0) is 48.0 Å². The summed E-state index contributed by atoms with van der Waals surface area (Å²) in [6.07, 6.45) is -1.80. The van der Waals surface area contributed by atoms with Gasteiger partial charge in [0.2, 0.25) is 0 Å². The third-order valence-electron chi connectivity index (χ3n) is 4.47. The highest BCUT2D eigenvalue weighted by molar-refractivity contribution is 6.30. The first-order valence-corrected chi connectivity index (χ1v) is 10.2. The number of carbonyl (C=O) groups is 1. The van der Waals surface area contributed by atoms with E-state index in [9.17, 15) is 18.0 Å². The van der Waals surface area contributed by atoms with Gasteiger partial charge in [-0.15, -0.1) is 0 Å². The smallest absolute Gasteiger partial charge is 0.419 e. The molecule has 4 rings (SSSR count). The van der Waals surface area contributed by atoms with E-state index in [1.807, 2.05) is 0 Å². The number of amides is 1. The van der Waals surface area contributed by atoms with Gasteiger partial charge >= 0.3 is 12.2 Å². The molecular weight excluding hydrogens is 487 g/mol. The standard InChI is InChI=1S/C22H15ClF3N7O2/c23-14-2-1-3-15(8-14)31-20-17(18(27)34)19(32-33-20)28-9-12-4-6-16(7-5-12)35-21-29-10-13(11-30-21)22(24,25)26/h1-11H,(H2,27,34)(H2,31,32,33)/b28-9+. The van der Waals surface area contributed by atoms with Crippen LogP contribution in [0.4, 0.5) is 30.5 Å². The van der Waals surface area contributed by atoms with Crippen LogP contribution in [0, 0.1) is 0 Å². The first-order valence-electron chi connectivity index (χ1n) is 9.81. The number of hydrogen-bond donors (Lipinski definition) is 3. The van der Waals surface area contributed by atoms with E-state index in [1.165, 1.54) is 6.21 Å². The van der Waals surface area contributed by atoms with Crippen LogP contribution in [0.3, 0.4) is 0 Å². The molecule has 0 bridgehead atoms. The van der Waals surface area contributed by atoms with Crippen LogP contribution < -0.4 is 15.8 Å². The summed E-state index contributed by atoms with van der Waals surface area (Å²) >= 11 is 5.97. The van der Waals surface area contributed by atoms with E-state index >= 15 is 0 Å². The quantitative estimate of drug-likeness (QED) is 0.296. The van der Waals surface area contributed by atoms with Crippen LogP contribution in [0.15, 0.2) is 65.9 Å². The van der Waals surface area contributed by atoms with Crippen LogP contribution in [-0.2, 0) is 6.18 Å². The Morgan fingerprint density at radius 1 is 1.14 bits per heavy atom. The van der Waals surface area contributed by atoms with E-state index in [0.717, 1.165) is 0 Å². The molecule has 0 spiro atoms. The molecule has 2 aromatic carbocycles. The number of aromatic amines is 1. The maximum absolute atomic E-state index is 12.6. The number of hydrogen-bond acceptors (Lipinski definition) is 7.